The third-order valence-corrected chi connectivity index (χ3v) is 3.01. The van der Waals surface area contributed by atoms with E-state index in [2.05, 4.69) is 19.2 Å². The number of amides is 1. The highest BCUT2D eigenvalue weighted by Crippen LogP contribution is 2.29. The molecular formula is C11H22N2O2. The summed E-state index contributed by atoms with van der Waals surface area (Å²) in [6.07, 6.45) is 3.34. The van der Waals surface area contributed by atoms with Crippen LogP contribution in [-0.2, 0) is 4.79 Å². The van der Waals surface area contributed by atoms with Crippen molar-refractivity contribution in [3.63, 3.8) is 0 Å². The lowest BCUT2D eigenvalue weighted by atomic mass is 9.77. The van der Waals surface area contributed by atoms with Crippen LogP contribution in [0.25, 0.3) is 0 Å². The van der Waals surface area contributed by atoms with Crippen molar-refractivity contribution < 1.29 is 9.90 Å². The Bertz CT molecular complexity index is 225. The minimum absolute atomic E-state index is 0.0139. The van der Waals surface area contributed by atoms with Crippen LogP contribution in [0.5, 0.6) is 0 Å². The highest BCUT2D eigenvalue weighted by molar-refractivity contribution is 5.87. The lowest BCUT2D eigenvalue weighted by Gasteiger charge is -2.37. The van der Waals surface area contributed by atoms with E-state index in [0.717, 1.165) is 25.7 Å². The molecule has 0 saturated heterocycles. The first-order valence-corrected chi connectivity index (χ1v) is 5.68. The molecule has 15 heavy (non-hydrogen) atoms. The van der Waals surface area contributed by atoms with Gasteiger partial charge in [0.05, 0.1) is 18.2 Å². The number of nitrogens with one attached hydrogen (secondary N) is 1. The molecule has 0 radical (unpaired) electrons. The molecule has 0 bridgehead atoms. The van der Waals surface area contributed by atoms with E-state index in [-0.39, 0.29) is 18.6 Å². The predicted molar refractivity (Wildman–Crippen MR) is 59.2 cm³/mol. The number of rotatable bonds is 5. The summed E-state index contributed by atoms with van der Waals surface area (Å²) in [4.78, 5) is 11.8. The number of aliphatic hydroxyl groups excluding tert-OH is 1. The monoisotopic (exact) mass is 214 g/mol. The van der Waals surface area contributed by atoms with Crippen molar-refractivity contribution in [2.24, 2.45) is 11.7 Å². The molecule has 4 nitrogen and oxygen atoms in total. The number of nitrogens with two attached hydrogens (primary N) is 1. The van der Waals surface area contributed by atoms with Gasteiger partial charge in [-0.3, -0.25) is 4.79 Å². The smallest absolute Gasteiger partial charge is 0.240 e. The van der Waals surface area contributed by atoms with Gasteiger partial charge in [0.1, 0.15) is 0 Å². The Morgan fingerprint density at radius 3 is 2.47 bits per heavy atom. The van der Waals surface area contributed by atoms with Crippen LogP contribution in [0.3, 0.4) is 0 Å². The highest BCUT2D eigenvalue weighted by atomic mass is 16.3. The van der Waals surface area contributed by atoms with E-state index in [9.17, 15) is 4.79 Å². The fourth-order valence-corrected chi connectivity index (χ4v) is 1.86. The zero-order valence-corrected chi connectivity index (χ0v) is 9.62. The van der Waals surface area contributed by atoms with Gasteiger partial charge < -0.3 is 16.2 Å². The predicted octanol–water partition coefficient (Wildman–Crippen LogP) is 0.391. The van der Waals surface area contributed by atoms with Crippen molar-refractivity contribution in [2.75, 3.05) is 6.61 Å². The average molecular weight is 214 g/mol. The number of aliphatic hydroxyl groups is 1. The third-order valence-electron chi connectivity index (χ3n) is 3.01. The Hall–Kier alpha value is -0.610. The molecule has 4 heteroatoms. The largest absolute Gasteiger partial charge is 0.394 e. The number of hydrogen-bond acceptors (Lipinski definition) is 3. The second-order valence-corrected chi connectivity index (χ2v) is 4.99. The highest BCUT2D eigenvalue weighted by Gasteiger charge is 2.40. The second-order valence-electron chi connectivity index (χ2n) is 4.99. The quantitative estimate of drug-likeness (QED) is 0.619. The molecule has 1 unspecified atom stereocenters. The molecule has 0 aromatic heterocycles. The standard InChI is InChI=1S/C11H22N2O2/c1-8(2)6-9(7-14)13-10(15)11(12)4-3-5-11/h8-9,14H,3-7,12H2,1-2H3,(H,13,15). The molecular weight excluding hydrogens is 192 g/mol. The summed E-state index contributed by atoms with van der Waals surface area (Å²) in [6.45, 7) is 4.12. The molecule has 1 amide bonds. The van der Waals surface area contributed by atoms with Gasteiger partial charge in [0, 0.05) is 0 Å². The summed E-state index contributed by atoms with van der Waals surface area (Å²) in [6, 6.07) is -0.154. The molecule has 0 aromatic rings. The zero-order chi connectivity index (χ0) is 11.5. The lowest BCUT2D eigenvalue weighted by Crippen LogP contribution is -2.60. The van der Waals surface area contributed by atoms with Crippen LogP contribution in [0, 0.1) is 5.92 Å². The number of carbonyl (C=O) groups excluding carboxylic acids is 1. The van der Waals surface area contributed by atoms with E-state index >= 15 is 0 Å². The Balaban J connectivity index is 2.40. The minimum atomic E-state index is -0.662. The summed E-state index contributed by atoms with van der Waals surface area (Å²) in [5.74, 6) is 0.353. The maximum atomic E-state index is 11.8. The molecule has 1 rings (SSSR count). The van der Waals surface area contributed by atoms with Crippen molar-refractivity contribution >= 4 is 5.91 Å². The van der Waals surface area contributed by atoms with Crippen molar-refractivity contribution in [3.05, 3.63) is 0 Å². The van der Waals surface area contributed by atoms with Crippen LogP contribution in [-0.4, -0.2) is 29.2 Å². The first-order valence-electron chi connectivity index (χ1n) is 5.68. The normalized spacial score (nSPS) is 20.9. The molecule has 1 aliphatic carbocycles. The van der Waals surface area contributed by atoms with Crippen molar-refractivity contribution in [2.45, 2.75) is 51.1 Å². The maximum Gasteiger partial charge on any atom is 0.240 e. The van der Waals surface area contributed by atoms with E-state index < -0.39 is 5.54 Å². The number of carbonyl (C=O) groups is 1. The maximum absolute atomic E-state index is 11.8. The summed E-state index contributed by atoms with van der Waals surface area (Å²) < 4.78 is 0. The summed E-state index contributed by atoms with van der Waals surface area (Å²) >= 11 is 0. The average Bonchev–Trinajstić information content (AvgIpc) is 2.12. The summed E-state index contributed by atoms with van der Waals surface area (Å²) in [7, 11) is 0. The molecule has 1 saturated carbocycles. The molecule has 1 fully saturated rings. The van der Waals surface area contributed by atoms with Gasteiger partial charge in [0.15, 0.2) is 0 Å². The molecule has 4 N–H and O–H groups in total. The molecule has 0 aromatic carbocycles. The Kier molecular flexibility index (Phi) is 4.11. The first-order chi connectivity index (χ1) is 6.98. The van der Waals surface area contributed by atoms with Gasteiger partial charge in [-0.2, -0.15) is 0 Å². The minimum Gasteiger partial charge on any atom is -0.394 e. The zero-order valence-electron chi connectivity index (χ0n) is 9.62. The van der Waals surface area contributed by atoms with E-state index in [0.29, 0.717) is 5.92 Å². The third kappa shape index (κ3) is 3.18. The van der Waals surface area contributed by atoms with Crippen molar-refractivity contribution in [1.82, 2.24) is 5.32 Å². The molecule has 1 aliphatic rings. The van der Waals surface area contributed by atoms with Crippen molar-refractivity contribution in [1.29, 1.82) is 0 Å². The van der Waals surface area contributed by atoms with Gasteiger partial charge in [0.2, 0.25) is 5.91 Å². The van der Waals surface area contributed by atoms with E-state index in [4.69, 9.17) is 10.8 Å². The van der Waals surface area contributed by atoms with Crippen LogP contribution in [0.1, 0.15) is 39.5 Å². The van der Waals surface area contributed by atoms with Crippen LogP contribution >= 0.6 is 0 Å². The summed E-state index contributed by atoms with van der Waals surface area (Å²) in [5, 5.41) is 12.0. The fraction of sp³-hybridized carbons (Fsp3) is 0.909. The molecule has 0 heterocycles. The van der Waals surface area contributed by atoms with Gasteiger partial charge in [-0.15, -0.1) is 0 Å². The molecule has 88 valence electrons. The van der Waals surface area contributed by atoms with Gasteiger partial charge in [0.25, 0.3) is 0 Å². The molecule has 1 atom stereocenters. The molecule has 0 aliphatic heterocycles. The summed E-state index contributed by atoms with van der Waals surface area (Å²) in [5.41, 5.74) is 5.22. The van der Waals surface area contributed by atoms with E-state index in [1.54, 1.807) is 0 Å². The first kappa shape index (κ1) is 12.5. The van der Waals surface area contributed by atoms with Crippen LogP contribution < -0.4 is 11.1 Å². The van der Waals surface area contributed by atoms with Crippen molar-refractivity contribution in [3.8, 4) is 0 Å². The Labute approximate surface area is 91.2 Å². The van der Waals surface area contributed by atoms with Crippen LogP contribution in [0.2, 0.25) is 0 Å². The SMILES string of the molecule is CC(C)CC(CO)NC(=O)C1(N)CCC1. The van der Waals surface area contributed by atoms with Crippen LogP contribution in [0.15, 0.2) is 0 Å². The number of hydrogen-bond donors (Lipinski definition) is 3. The second kappa shape index (κ2) is 4.94. The van der Waals surface area contributed by atoms with Gasteiger partial charge in [-0.1, -0.05) is 13.8 Å². The van der Waals surface area contributed by atoms with Gasteiger partial charge >= 0.3 is 0 Å². The topological polar surface area (TPSA) is 75.3 Å². The van der Waals surface area contributed by atoms with E-state index in [1.165, 1.54) is 0 Å². The fourth-order valence-electron chi connectivity index (χ4n) is 1.86. The van der Waals surface area contributed by atoms with Gasteiger partial charge in [-0.25, -0.2) is 0 Å². The lowest BCUT2D eigenvalue weighted by molar-refractivity contribution is -0.130. The van der Waals surface area contributed by atoms with E-state index in [1.807, 2.05) is 0 Å². The Morgan fingerprint density at radius 2 is 2.13 bits per heavy atom. The Morgan fingerprint density at radius 1 is 1.53 bits per heavy atom. The van der Waals surface area contributed by atoms with Crippen LogP contribution in [0.4, 0.5) is 0 Å². The molecule has 0 spiro atoms. The van der Waals surface area contributed by atoms with Gasteiger partial charge in [-0.05, 0) is 31.6 Å².